The van der Waals surface area contributed by atoms with Gasteiger partial charge in [-0.3, -0.25) is 0 Å². The van der Waals surface area contributed by atoms with Gasteiger partial charge in [-0.1, -0.05) is 36.7 Å². The Balaban J connectivity index is 1.64. The molecule has 0 aliphatic carbocycles. The van der Waals surface area contributed by atoms with Crippen molar-refractivity contribution < 1.29 is 0 Å². The van der Waals surface area contributed by atoms with E-state index in [1.54, 1.807) is 0 Å². The SMILES string of the molecule is CCN1CCC(n2nccc2NCc2ccccc2Cl)CC1. The molecule has 0 spiro atoms. The standard InChI is InChI=1S/C17H23ClN4/c1-2-21-11-8-15(9-12-21)22-17(7-10-20-22)19-13-14-5-3-4-6-16(14)18/h3-7,10,15,19H,2,8-9,11-13H2,1H3. The Morgan fingerprint density at radius 3 is 2.73 bits per heavy atom. The monoisotopic (exact) mass is 318 g/mol. The molecule has 2 heterocycles. The minimum Gasteiger partial charge on any atom is -0.366 e. The highest BCUT2D eigenvalue weighted by atomic mass is 35.5. The molecule has 2 aromatic rings. The average molecular weight is 319 g/mol. The Kier molecular flexibility index (Phi) is 5.01. The number of likely N-dealkylation sites (tertiary alicyclic amines) is 1. The number of rotatable bonds is 5. The Bertz CT molecular complexity index is 602. The molecule has 0 unspecified atom stereocenters. The predicted molar refractivity (Wildman–Crippen MR) is 91.4 cm³/mol. The third kappa shape index (κ3) is 3.45. The smallest absolute Gasteiger partial charge is 0.124 e. The van der Waals surface area contributed by atoms with E-state index in [9.17, 15) is 0 Å². The number of anilines is 1. The number of piperidine rings is 1. The number of hydrogen-bond acceptors (Lipinski definition) is 3. The van der Waals surface area contributed by atoms with E-state index in [2.05, 4.69) is 33.0 Å². The molecule has 1 fully saturated rings. The van der Waals surface area contributed by atoms with Gasteiger partial charge >= 0.3 is 0 Å². The number of benzene rings is 1. The maximum absolute atomic E-state index is 6.22. The van der Waals surface area contributed by atoms with Crippen molar-refractivity contribution in [3.63, 3.8) is 0 Å². The van der Waals surface area contributed by atoms with Crippen LogP contribution in [0.4, 0.5) is 5.82 Å². The van der Waals surface area contributed by atoms with Crippen LogP contribution >= 0.6 is 11.6 Å². The van der Waals surface area contributed by atoms with Gasteiger partial charge in [0.2, 0.25) is 0 Å². The average Bonchev–Trinajstić information content (AvgIpc) is 3.03. The van der Waals surface area contributed by atoms with E-state index in [0.29, 0.717) is 6.04 Å². The quantitative estimate of drug-likeness (QED) is 0.910. The van der Waals surface area contributed by atoms with E-state index in [1.165, 1.54) is 0 Å². The third-order valence-corrected chi connectivity index (χ3v) is 4.81. The Morgan fingerprint density at radius 2 is 2.00 bits per heavy atom. The summed E-state index contributed by atoms with van der Waals surface area (Å²) < 4.78 is 2.14. The van der Waals surface area contributed by atoms with E-state index < -0.39 is 0 Å². The van der Waals surface area contributed by atoms with Crippen LogP contribution < -0.4 is 5.32 Å². The lowest BCUT2D eigenvalue weighted by Crippen LogP contribution is -2.34. The highest BCUT2D eigenvalue weighted by Crippen LogP contribution is 2.26. The van der Waals surface area contributed by atoms with Gasteiger partial charge in [0.15, 0.2) is 0 Å². The van der Waals surface area contributed by atoms with Crippen molar-refractivity contribution in [2.24, 2.45) is 0 Å². The second kappa shape index (κ2) is 7.16. The molecule has 1 aromatic heterocycles. The first-order chi connectivity index (χ1) is 10.8. The van der Waals surface area contributed by atoms with Gasteiger partial charge in [0.25, 0.3) is 0 Å². The van der Waals surface area contributed by atoms with Crippen LogP contribution in [-0.4, -0.2) is 34.3 Å². The van der Waals surface area contributed by atoms with Crippen molar-refractivity contribution in [3.05, 3.63) is 47.1 Å². The number of nitrogens with zero attached hydrogens (tertiary/aromatic N) is 3. The van der Waals surface area contributed by atoms with Crippen molar-refractivity contribution in [3.8, 4) is 0 Å². The van der Waals surface area contributed by atoms with Gasteiger partial charge in [-0.25, -0.2) is 4.68 Å². The zero-order valence-corrected chi connectivity index (χ0v) is 13.8. The largest absolute Gasteiger partial charge is 0.366 e. The summed E-state index contributed by atoms with van der Waals surface area (Å²) in [6.07, 6.45) is 4.20. The molecule has 1 saturated heterocycles. The minimum atomic E-state index is 0.492. The summed E-state index contributed by atoms with van der Waals surface area (Å²) in [4.78, 5) is 2.50. The molecule has 0 radical (unpaired) electrons. The lowest BCUT2D eigenvalue weighted by Gasteiger charge is -2.31. The van der Waals surface area contributed by atoms with Crippen LogP contribution in [0.1, 0.15) is 31.4 Å². The summed E-state index contributed by atoms with van der Waals surface area (Å²) in [5.74, 6) is 1.08. The fraction of sp³-hybridized carbons (Fsp3) is 0.471. The third-order valence-electron chi connectivity index (χ3n) is 4.44. The van der Waals surface area contributed by atoms with Crippen LogP contribution in [0.15, 0.2) is 36.5 Å². The maximum Gasteiger partial charge on any atom is 0.124 e. The zero-order chi connectivity index (χ0) is 15.4. The number of nitrogens with one attached hydrogen (secondary N) is 1. The molecular weight excluding hydrogens is 296 g/mol. The molecule has 1 aliphatic rings. The number of halogens is 1. The van der Waals surface area contributed by atoms with Crippen LogP contribution in [-0.2, 0) is 6.54 Å². The maximum atomic E-state index is 6.22. The van der Waals surface area contributed by atoms with Crippen LogP contribution in [0.3, 0.4) is 0 Å². The molecule has 1 aliphatic heterocycles. The van der Waals surface area contributed by atoms with Crippen LogP contribution in [0.5, 0.6) is 0 Å². The van der Waals surface area contributed by atoms with Gasteiger partial charge in [-0.2, -0.15) is 5.10 Å². The van der Waals surface area contributed by atoms with Crippen molar-refractivity contribution in [2.75, 3.05) is 25.0 Å². The topological polar surface area (TPSA) is 33.1 Å². The molecule has 0 atom stereocenters. The summed E-state index contributed by atoms with van der Waals surface area (Å²) in [5.41, 5.74) is 1.11. The summed E-state index contributed by atoms with van der Waals surface area (Å²) in [6.45, 7) is 6.41. The van der Waals surface area contributed by atoms with E-state index >= 15 is 0 Å². The molecule has 1 N–H and O–H groups in total. The number of hydrogen-bond donors (Lipinski definition) is 1. The summed E-state index contributed by atoms with van der Waals surface area (Å²) in [6, 6.07) is 10.5. The van der Waals surface area contributed by atoms with E-state index in [4.69, 9.17) is 11.6 Å². The first kappa shape index (κ1) is 15.4. The molecule has 0 saturated carbocycles. The highest BCUT2D eigenvalue weighted by Gasteiger charge is 2.21. The molecule has 22 heavy (non-hydrogen) atoms. The van der Waals surface area contributed by atoms with Crippen molar-refractivity contribution in [1.82, 2.24) is 14.7 Å². The van der Waals surface area contributed by atoms with E-state index in [1.807, 2.05) is 30.5 Å². The fourth-order valence-electron chi connectivity index (χ4n) is 3.05. The Hall–Kier alpha value is -1.52. The normalized spacial score (nSPS) is 16.8. The fourth-order valence-corrected chi connectivity index (χ4v) is 3.26. The highest BCUT2D eigenvalue weighted by molar-refractivity contribution is 6.31. The second-order valence-electron chi connectivity index (χ2n) is 5.77. The Morgan fingerprint density at radius 1 is 1.23 bits per heavy atom. The Labute approximate surface area is 137 Å². The van der Waals surface area contributed by atoms with Gasteiger partial charge in [0.1, 0.15) is 5.82 Å². The second-order valence-corrected chi connectivity index (χ2v) is 6.18. The molecule has 0 amide bonds. The predicted octanol–water partition coefficient (Wildman–Crippen LogP) is 3.81. The van der Waals surface area contributed by atoms with Crippen molar-refractivity contribution >= 4 is 17.4 Å². The molecule has 118 valence electrons. The van der Waals surface area contributed by atoms with E-state index in [-0.39, 0.29) is 0 Å². The van der Waals surface area contributed by atoms with Gasteiger partial charge in [-0.05, 0) is 31.0 Å². The van der Waals surface area contributed by atoms with Gasteiger partial charge in [0.05, 0.1) is 12.2 Å². The molecule has 1 aromatic carbocycles. The van der Waals surface area contributed by atoms with Crippen LogP contribution in [0.2, 0.25) is 5.02 Å². The number of aromatic nitrogens is 2. The van der Waals surface area contributed by atoms with Gasteiger partial charge in [-0.15, -0.1) is 0 Å². The zero-order valence-electron chi connectivity index (χ0n) is 13.0. The molecule has 4 nitrogen and oxygen atoms in total. The van der Waals surface area contributed by atoms with Crippen molar-refractivity contribution in [1.29, 1.82) is 0 Å². The van der Waals surface area contributed by atoms with Crippen LogP contribution in [0, 0.1) is 0 Å². The molecule has 3 rings (SSSR count). The first-order valence-electron chi connectivity index (χ1n) is 8.01. The van der Waals surface area contributed by atoms with Gasteiger partial charge < -0.3 is 10.2 Å². The van der Waals surface area contributed by atoms with Crippen LogP contribution in [0.25, 0.3) is 0 Å². The van der Waals surface area contributed by atoms with Gasteiger partial charge in [0, 0.05) is 30.7 Å². The lowest BCUT2D eigenvalue weighted by atomic mass is 10.1. The lowest BCUT2D eigenvalue weighted by molar-refractivity contribution is 0.188. The van der Waals surface area contributed by atoms with E-state index in [0.717, 1.165) is 55.4 Å². The molecular formula is C17H23ClN4. The summed E-state index contributed by atoms with van der Waals surface area (Å²) >= 11 is 6.22. The summed E-state index contributed by atoms with van der Waals surface area (Å²) in [5, 5.41) is 8.81. The molecule has 0 bridgehead atoms. The molecule has 5 heteroatoms. The summed E-state index contributed by atoms with van der Waals surface area (Å²) in [7, 11) is 0. The van der Waals surface area contributed by atoms with Crippen molar-refractivity contribution in [2.45, 2.75) is 32.4 Å². The first-order valence-corrected chi connectivity index (χ1v) is 8.39. The minimum absolute atomic E-state index is 0.492.